The third-order valence-corrected chi connectivity index (χ3v) is 9.50. The molecule has 4 N–H and O–H groups in total. The summed E-state index contributed by atoms with van der Waals surface area (Å²) in [5, 5.41) is 8.87. The minimum atomic E-state index is -4.72. The smallest absolute Gasteiger partial charge is 0.472 e. The molecule has 3 atom stereocenters. The highest BCUT2D eigenvalue weighted by Crippen LogP contribution is 2.43. The van der Waals surface area contributed by atoms with Crippen LogP contribution in [0, 0.1) is 0 Å². The van der Waals surface area contributed by atoms with E-state index in [0.29, 0.717) is 12.8 Å². The third-order valence-electron chi connectivity index (χ3n) is 8.55. The Hall–Kier alpha value is -2.56. The highest BCUT2D eigenvalue weighted by Gasteiger charge is 2.28. The van der Waals surface area contributed by atoms with Crippen molar-refractivity contribution >= 4 is 25.7 Å². The van der Waals surface area contributed by atoms with Crippen LogP contribution >= 0.6 is 7.82 Å². The molecule has 1 unspecified atom stereocenters. The second-order valence-electron chi connectivity index (χ2n) is 13.8. The number of unbranched alkanes of at least 4 members (excludes halogenated alkanes) is 16. The van der Waals surface area contributed by atoms with Gasteiger partial charge in [-0.15, -0.1) is 0 Å². The Morgan fingerprint density at radius 2 is 0.981 bits per heavy atom. The van der Waals surface area contributed by atoms with Crippen molar-refractivity contribution in [1.82, 2.24) is 0 Å². The maximum absolute atomic E-state index is 12.6. The SMILES string of the molecule is CCCCC/C=C\C/C=C\C/C=C\CCCCCCC(=O)OC[C@H](COP(=O)(O)OC[C@H](N)C(=O)O)OC(=O)CCCCCCC/C=C\CCCCCC. The first-order valence-electron chi connectivity index (χ1n) is 20.7. The first kappa shape index (κ1) is 51.4. The lowest BCUT2D eigenvalue weighted by Crippen LogP contribution is -2.34. The molecule has 0 bridgehead atoms. The zero-order chi connectivity index (χ0) is 40.0. The van der Waals surface area contributed by atoms with E-state index in [1.807, 2.05) is 0 Å². The van der Waals surface area contributed by atoms with Crippen LogP contribution < -0.4 is 5.73 Å². The number of nitrogens with two attached hydrogens (primary N) is 1. The van der Waals surface area contributed by atoms with Crippen molar-refractivity contribution in [1.29, 1.82) is 0 Å². The number of aliphatic carboxylic acids is 1. The molecule has 312 valence electrons. The van der Waals surface area contributed by atoms with Gasteiger partial charge in [0.15, 0.2) is 6.10 Å². The molecule has 0 amide bonds. The zero-order valence-electron chi connectivity index (χ0n) is 33.6. The predicted octanol–water partition coefficient (Wildman–Crippen LogP) is 10.6. The first-order valence-corrected chi connectivity index (χ1v) is 22.2. The number of phosphoric ester groups is 1. The van der Waals surface area contributed by atoms with E-state index in [9.17, 15) is 23.8 Å². The Bertz CT molecular complexity index is 1110. The number of carboxylic acids is 1. The number of hydrogen-bond donors (Lipinski definition) is 3. The van der Waals surface area contributed by atoms with Gasteiger partial charge < -0.3 is 25.2 Å². The Kier molecular flexibility index (Phi) is 35.6. The second kappa shape index (κ2) is 37.4. The van der Waals surface area contributed by atoms with Gasteiger partial charge in [-0.25, -0.2) is 4.57 Å². The number of hydrogen-bond acceptors (Lipinski definition) is 9. The molecule has 0 saturated heterocycles. The fraction of sp³-hybridized carbons (Fsp3) is 0.738. The van der Waals surface area contributed by atoms with Gasteiger partial charge in [0.2, 0.25) is 0 Å². The molecule has 11 nitrogen and oxygen atoms in total. The number of carboxylic acid groups (broad SMARTS) is 1. The number of ether oxygens (including phenoxy) is 2. The normalized spacial score (nSPS) is 14.3. The van der Waals surface area contributed by atoms with E-state index >= 15 is 0 Å². The quantitative estimate of drug-likeness (QED) is 0.0235. The maximum atomic E-state index is 12.6. The lowest BCUT2D eigenvalue weighted by atomic mass is 10.1. The molecule has 0 aliphatic heterocycles. The van der Waals surface area contributed by atoms with Crippen LogP contribution in [0.15, 0.2) is 48.6 Å². The predicted molar refractivity (Wildman–Crippen MR) is 217 cm³/mol. The second-order valence-corrected chi connectivity index (χ2v) is 15.2. The standard InChI is InChI=1S/C42H74NO10P/c1-3-5-7-9-11-13-15-17-18-19-20-22-23-25-27-29-31-33-40(44)50-35-38(36-51-54(48,49)52-37-39(43)42(46)47)53-41(45)34-32-30-28-26-24-21-16-14-12-10-8-6-4-2/h11,13-14,16-18,20,22,38-39H,3-10,12,15,19,21,23-37,43H2,1-2H3,(H,46,47)(H,48,49)/b13-11-,16-14-,18-17-,22-20-/t38-,39+/m1/s1. The lowest BCUT2D eigenvalue weighted by Gasteiger charge is -2.20. The van der Waals surface area contributed by atoms with E-state index in [4.69, 9.17) is 24.8 Å². The Balaban J connectivity index is 4.45. The number of esters is 2. The van der Waals surface area contributed by atoms with Gasteiger partial charge in [-0.2, -0.15) is 0 Å². The monoisotopic (exact) mass is 784 g/mol. The van der Waals surface area contributed by atoms with Gasteiger partial charge in [0.25, 0.3) is 0 Å². The van der Waals surface area contributed by atoms with Crippen LogP contribution in [0.1, 0.15) is 168 Å². The summed E-state index contributed by atoms with van der Waals surface area (Å²) < 4.78 is 32.6. The van der Waals surface area contributed by atoms with Crippen molar-refractivity contribution in [3.63, 3.8) is 0 Å². The molecule has 0 fully saturated rings. The van der Waals surface area contributed by atoms with Crippen LogP contribution in [-0.2, 0) is 37.5 Å². The molecule has 0 rings (SSSR count). The van der Waals surface area contributed by atoms with E-state index < -0.39 is 51.1 Å². The minimum Gasteiger partial charge on any atom is -0.480 e. The molecule has 0 saturated carbocycles. The van der Waals surface area contributed by atoms with Crippen LogP contribution in [0.2, 0.25) is 0 Å². The van der Waals surface area contributed by atoms with Crippen molar-refractivity contribution in [3.05, 3.63) is 48.6 Å². The summed E-state index contributed by atoms with van der Waals surface area (Å²) >= 11 is 0. The molecular formula is C42H74NO10P. The molecule has 0 aliphatic carbocycles. The van der Waals surface area contributed by atoms with E-state index in [0.717, 1.165) is 83.5 Å². The van der Waals surface area contributed by atoms with Gasteiger partial charge >= 0.3 is 25.7 Å². The summed E-state index contributed by atoms with van der Waals surface area (Å²) in [7, 11) is -4.72. The van der Waals surface area contributed by atoms with Gasteiger partial charge in [0, 0.05) is 12.8 Å². The van der Waals surface area contributed by atoms with E-state index in [2.05, 4.69) is 67.0 Å². The van der Waals surface area contributed by atoms with Crippen LogP contribution in [-0.4, -0.2) is 59.9 Å². The summed E-state index contributed by atoms with van der Waals surface area (Å²) in [6, 6.07) is -1.53. The summed E-state index contributed by atoms with van der Waals surface area (Å²) in [5.74, 6) is -2.42. The van der Waals surface area contributed by atoms with Gasteiger partial charge in [-0.3, -0.25) is 23.4 Å². The molecule has 0 aliphatic rings. The van der Waals surface area contributed by atoms with Crippen molar-refractivity contribution in [2.45, 2.75) is 180 Å². The Morgan fingerprint density at radius 3 is 1.52 bits per heavy atom. The van der Waals surface area contributed by atoms with Crippen molar-refractivity contribution in [3.8, 4) is 0 Å². The van der Waals surface area contributed by atoms with Crippen molar-refractivity contribution in [2.75, 3.05) is 19.8 Å². The lowest BCUT2D eigenvalue weighted by molar-refractivity contribution is -0.161. The molecule has 0 radical (unpaired) electrons. The first-order chi connectivity index (χ1) is 26.1. The zero-order valence-corrected chi connectivity index (χ0v) is 34.4. The Morgan fingerprint density at radius 1 is 0.574 bits per heavy atom. The summed E-state index contributed by atoms with van der Waals surface area (Å²) in [6.45, 7) is 2.71. The fourth-order valence-electron chi connectivity index (χ4n) is 5.24. The van der Waals surface area contributed by atoms with Gasteiger partial charge in [0.1, 0.15) is 12.6 Å². The molecule has 0 heterocycles. The van der Waals surface area contributed by atoms with Crippen LogP contribution in [0.25, 0.3) is 0 Å². The molecule has 12 heteroatoms. The highest BCUT2D eigenvalue weighted by molar-refractivity contribution is 7.47. The van der Waals surface area contributed by atoms with Gasteiger partial charge in [-0.1, -0.05) is 127 Å². The van der Waals surface area contributed by atoms with Crippen LogP contribution in [0.4, 0.5) is 0 Å². The molecule has 0 aromatic carbocycles. The molecule has 0 aromatic rings. The fourth-order valence-corrected chi connectivity index (χ4v) is 6.02. The van der Waals surface area contributed by atoms with Gasteiger partial charge in [-0.05, 0) is 77.0 Å². The topological polar surface area (TPSA) is 172 Å². The number of rotatable bonds is 38. The average Bonchev–Trinajstić information content (AvgIpc) is 3.14. The number of allylic oxidation sites excluding steroid dienone is 8. The molecular weight excluding hydrogens is 709 g/mol. The van der Waals surface area contributed by atoms with Gasteiger partial charge in [0.05, 0.1) is 13.2 Å². The summed E-state index contributed by atoms with van der Waals surface area (Å²) in [4.78, 5) is 45.8. The number of carbonyl (C=O) groups is 3. The molecule has 0 spiro atoms. The van der Waals surface area contributed by atoms with E-state index in [1.54, 1.807) is 0 Å². The molecule has 0 aromatic heterocycles. The average molecular weight is 784 g/mol. The van der Waals surface area contributed by atoms with Crippen LogP contribution in [0.3, 0.4) is 0 Å². The molecule has 54 heavy (non-hydrogen) atoms. The van der Waals surface area contributed by atoms with Crippen molar-refractivity contribution in [2.24, 2.45) is 5.73 Å². The minimum absolute atomic E-state index is 0.144. The van der Waals surface area contributed by atoms with E-state index in [1.165, 1.54) is 44.9 Å². The number of carbonyl (C=O) groups excluding carboxylic acids is 2. The third kappa shape index (κ3) is 36.4. The number of phosphoric acid groups is 1. The summed E-state index contributed by atoms with van der Waals surface area (Å²) in [5.41, 5.74) is 5.32. The highest BCUT2D eigenvalue weighted by atomic mass is 31.2. The van der Waals surface area contributed by atoms with Crippen molar-refractivity contribution < 1.29 is 47.5 Å². The largest absolute Gasteiger partial charge is 0.480 e. The Labute approximate surface area is 326 Å². The maximum Gasteiger partial charge on any atom is 0.472 e. The van der Waals surface area contributed by atoms with Crippen LogP contribution in [0.5, 0.6) is 0 Å². The van der Waals surface area contributed by atoms with E-state index in [-0.39, 0.29) is 19.4 Å². The summed E-state index contributed by atoms with van der Waals surface area (Å²) in [6.07, 6.45) is 40.3.